The van der Waals surface area contributed by atoms with Crippen LogP contribution in [0.3, 0.4) is 0 Å². The molecule has 10 heteroatoms. The molecule has 39 heavy (non-hydrogen) atoms. The van der Waals surface area contributed by atoms with Gasteiger partial charge in [0.2, 0.25) is 11.8 Å². The van der Waals surface area contributed by atoms with Crippen molar-refractivity contribution in [2.45, 2.75) is 44.9 Å². The molecule has 1 aromatic carbocycles. The second-order valence-electron chi connectivity index (χ2n) is 10.1. The highest BCUT2D eigenvalue weighted by Gasteiger charge is 2.28. The van der Waals surface area contributed by atoms with Gasteiger partial charge in [0.15, 0.2) is 0 Å². The van der Waals surface area contributed by atoms with Crippen LogP contribution in [-0.4, -0.2) is 78.5 Å². The van der Waals surface area contributed by atoms with Crippen molar-refractivity contribution in [3.63, 3.8) is 0 Å². The third-order valence-corrected chi connectivity index (χ3v) is 7.49. The first kappa shape index (κ1) is 26.7. The summed E-state index contributed by atoms with van der Waals surface area (Å²) in [5, 5.41) is 12.9. The van der Waals surface area contributed by atoms with Gasteiger partial charge in [-0.05, 0) is 57.3 Å². The number of rotatable bonds is 7. The van der Waals surface area contributed by atoms with Crippen LogP contribution in [-0.2, 0) is 4.74 Å². The minimum Gasteiger partial charge on any atom is -0.489 e. The maximum atomic E-state index is 9.75. The van der Waals surface area contributed by atoms with Crippen molar-refractivity contribution in [1.82, 2.24) is 19.9 Å². The number of piperazine rings is 1. The smallest absolute Gasteiger partial charge is 0.239 e. The van der Waals surface area contributed by atoms with Crippen molar-refractivity contribution < 1.29 is 14.2 Å². The zero-order valence-corrected chi connectivity index (χ0v) is 22.9. The van der Waals surface area contributed by atoms with Crippen LogP contribution < -0.4 is 19.7 Å². The molecule has 4 heterocycles. The third kappa shape index (κ3) is 6.05. The number of nitrogens with zero attached hydrogens (tertiary/aromatic N) is 6. The van der Waals surface area contributed by atoms with Crippen LogP contribution in [0.1, 0.15) is 32.3 Å². The zero-order valence-electron chi connectivity index (χ0n) is 22.9. The van der Waals surface area contributed by atoms with Gasteiger partial charge in [-0.25, -0.2) is 9.97 Å². The van der Waals surface area contributed by atoms with E-state index in [-0.39, 0.29) is 6.10 Å². The summed E-state index contributed by atoms with van der Waals surface area (Å²) in [7, 11) is 3.80. The molecule has 0 unspecified atom stereocenters. The van der Waals surface area contributed by atoms with Crippen molar-refractivity contribution in [2.75, 3.05) is 50.7 Å². The third-order valence-electron chi connectivity index (χ3n) is 7.49. The summed E-state index contributed by atoms with van der Waals surface area (Å²) >= 11 is 0. The molecule has 2 saturated heterocycles. The van der Waals surface area contributed by atoms with E-state index in [1.165, 1.54) is 0 Å². The summed E-state index contributed by atoms with van der Waals surface area (Å²) in [4.78, 5) is 18.4. The van der Waals surface area contributed by atoms with E-state index in [0.717, 1.165) is 37.2 Å². The van der Waals surface area contributed by atoms with Crippen LogP contribution in [0.4, 0.5) is 17.5 Å². The topological polar surface area (TPSA) is 109 Å². The molecule has 10 nitrogen and oxygen atoms in total. The number of ether oxygens (including phenoxy) is 3. The molecule has 2 fully saturated rings. The maximum Gasteiger partial charge on any atom is 0.239 e. The number of benzene rings is 1. The molecule has 2 aromatic heterocycles. The molecule has 0 radical (unpaired) electrons. The van der Waals surface area contributed by atoms with Crippen LogP contribution >= 0.6 is 0 Å². The van der Waals surface area contributed by atoms with E-state index in [9.17, 15) is 5.26 Å². The van der Waals surface area contributed by atoms with E-state index in [0.29, 0.717) is 60.0 Å². The summed E-state index contributed by atoms with van der Waals surface area (Å²) in [5.74, 6) is 2.12. The summed E-state index contributed by atoms with van der Waals surface area (Å²) in [6.07, 6.45) is 3.38. The standard InChI is InChI=1S/C29H35N7O3/c1-19-17-36(18-20(2)35(19)3)25-6-8-27(33-28(25)37-4)34-29-31-12-9-24(32-29)21-5-7-26(22(15-21)16-30)39-23-10-13-38-14-11-23/h5-9,12,15,19-20,23H,10-11,13-14,17-18H2,1-4H3,(H,31,32,33,34)/t19-,20+. The van der Waals surface area contributed by atoms with Crippen molar-refractivity contribution in [3.05, 3.63) is 48.2 Å². The molecule has 0 aliphatic carbocycles. The van der Waals surface area contributed by atoms with Gasteiger partial charge in [-0.2, -0.15) is 10.2 Å². The van der Waals surface area contributed by atoms with Gasteiger partial charge in [0.1, 0.15) is 29.4 Å². The first-order valence-corrected chi connectivity index (χ1v) is 13.4. The lowest BCUT2D eigenvalue weighted by Crippen LogP contribution is -2.55. The number of aromatic nitrogens is 3. The SMILES string of the molecule is COc1nc(Nc2nccc(-c3ccc(OC4CCOCC4)c(C#N)c3)n2)ccc1N1C[C@@H](C)N(C)[C@@H](C)C1. The van der Waals surface area contributed by atoms with E-state index in [1.807, 2.05) is 30.3 Å². The molecule has 0 bridgehead atoms. The summed E-state index contributed by atoms with van der Waals surface area (Å²) in [6, 6.07) is 14.4. The monoisotopic (exact) mass is 529 g/mol. The van der Waals surface area contributed by atoms with E-state index in [4.69, 9.17) is 19.2 Å². The highest BCUT2D eigenvalue weighted by molar-refractivity contribution is 5.66. The molecule has 2 aliphatic rings. The molecule has 2 atom stereocenters. The molecule has 0 saturated carbocycles. The number of nitrogens with one attached hydrogen (secondary N) is 1. The number of nitriles is 1. The Morgan fingerprint density at radius 2 is 1.82 bits per heavy atom. The fraction of sp³-hybridized carbons (Fsp3) is 0.448. The van der Waals surface area contributed by atoms with Crippen LogP contribution in [0.25, 0.3) is 11.3 Å². The second kappa shape index (κ2) is 11.8. The Hall–Kier alpha value is -3.94. The minimum atomic E-state index is 0.0606. The number of pyridine rings is 1. The molecule has 0 spiro atoms. The van der Waals surface area contributed by atoms with E-state index in [1.54, 1.807) is 19.4 Å². The Morgan fingerprint density at radius 3 is 2.54 bits per heavy atom. The van der Waals surface area contributed by atoms with Gasteiger partial charge in [-0.1, -0.05) is 0 Å². The summed E-state index contributed by atoms with van der Waals surface area (Å²) in [5.41, 5.74) is 2.93. The Balaban J connectivity index is 1.32. The van der Waals surface area contributed by atoms with Crippen LogP contribution in [0, 0.1) is 11.3 Å². The number of methoxy groups -OCH3 is 1. The summed E-state index contributed by atoms with van der Waals surface area (Å²) < 4.78 is 17.2. The predicted molar refractivity (Wildman–Crippen MR) is 150 cm³/mol. The molecule has 2 aliphatic heterocycles. The molecule has 1 N–H and O–H groups in total. The highest BCUT2D eigenvalue weighted by Crippen LogP contribution is 2.32. The lowest BCUT2D eigenvalue weighted by atomic mass is 10.1. The van der Waals surface area contributed by atoms with Crippen LogP contribution in [0.5, 0.6) is 11.6 Å². The van der Waals surface area contributed by atoms with Gasteiger partial charge >= 0.3 is 0 Å². The van der Waals surface area contributed by atoms with Crippen LogP contribution in [0.15, 0.2) is 42.6 Å². The number of hydrogen-bond acceptors (Lipinski definition) is 10. The summed E-state index contributed by atoms with van der Waals surface area (Å²) in [6.45, 7) is 7.63. The fourth-order valence-electron chi connectivity index (χ4n) is 5.04. The van der Waals surface area contributed by atoms with Gasteiger partial charge in [0.25, 0.3) is 0 Å². The number of likely N-dealkylation sites (N-methyl/N-ethyl adjacent to an activating group) is 1. The Morgan fingerprint density at radius 1 is 1.05 bits per heavy atom. The van der Waals surface area contributed by atoms with Crippen molar-refractivity contribution in [2.24, 2.45) is 0 Å². The lowest BCUT2D eigenvalue weighted by molar-refractivity contribution is 0.0254. The van der Waals surface area contributed by atoms with Gasteiger partial charge < -0.3 is 24.4 Å². The average molecular weight is 530 g/mol. The molecule has 3 aromatic rings. The Kier molecular flexibility index (Phi) is 8.10. The predicted octanol–water partition coefficient (Wildman–Crippen LogP) is 4.25. The fourth-order valence-corrected chi connectivity index (χ4v) is 5.04. The largest absolute Gasteiger partial charge is 0.489 e. The molecule has 0 amide bonds. The zero-order chi connectivity index (χ0) is 27.4. The van der Waals surface area contributed by atoms with Gasteiger partial charge in [0, 0.05) is 49.8 Å². The Bertz CT molecular complexity index is 1330. The van der Waals surface area contributed by atoms with Gasteiger partial charge in [-0.3, -0.25) is 4.90 Å². The van der Waals surface area contributed by atoms with E-state index < -0.39 is 0 Å². The van der Waals surface area contributed by atoms with E-state index >= 15 is 0 Å². The molecule has 204 valence electrons. The molecule has 5 rings (SSSR count). The van der Waals surface area contributed by atoms with Crippen molar-refractivity contribution in [1.29, 1.82) is 5.26 Å². The first-order chi connectivity index (χ1) is 18.9. The number of anilines is 3. The van der Waals surface area contributed by atoms with Gasteiger partial charge in [-0.15, -0.1) is 0 Å². The van der Waals surface area contributed by atoms with Crippen molar-refractivity contribution in [3.8, 4) is 29.0 Å². The molecular weight excluding hydrogens is 494 g/mol. The lowest BCUT2D eigenvalue weighted by Gasteiger charge is -2.43. The molecular formula is C29H35N7O3. The average Bonchev–Trinajstić information content (AvgIpc) is 2.96. The van der Waals surface area contributed by atoms with E-state index in [2.05, 4.69) is 52.0 Å². The quantitative estimate of drug-likeness (QED) is 0.477. The van der Waals surface area contributed by atoms with Crippen molar-refractivity contribution >= 4 is 17.5 Å². The minimum absolute atomic E-state index is 0.0606. The van der Waals surface area contributed by atoms with Crippen LogP contribution in [0.2, 0.25) is 0 Å². The maximum absolute atomic E-state index is 9.75. The number of hydrogen-bond donors (Lipinski definition) is 1. The normalized spacial score (nSPS) is 20.3. The van der Waals surface area contributed by atoms with Gasteiger partial charge in [0.05, 0.1) is 31.6 Å². The second-order valence-corrected chi connectivity index (χ2v) is 10.1. The highest BCUT2D eigenvalue weighted by atomic mass is 16.5. The Labute approximate surface area is 229 Å². The first-order valence-electron chi connectivity index (χ1n) is 13.4.